The van der Waals surface area contributed by atoms with Crippen molar-refractivity contribution in [2.75, 3.05) is 5.75 Å². The first-order valence-corrected chi connectivity index (χ1v) is 9.01. The molecule has 4 rings (SSSR count). The number of allylic oxidation sites excluding steroid dienone is 4. The molecule has 6 nitrogen and oxygen atoms in total. The molecule has 1 N–H and O–H groups in total. The van der Waals surface area contributed by atoms with Crippen molar-refractivity contribution < 1.29 is 13.2 Å². The normalized spacial score (nSPS) is 25.0. The van der Waals surface area contributed by atoms with E-state index in [2.05, 4.69) is 10.3 Å². The monoisotopic (exact) mass is 327 g/mol. The van der Waals surface area contributed by atoms with Crippen molar-refractivity contribution in [3.05, 3.63) is 51.5 Å². The average Bonchev–Trinajstić information content (AvgIpc) is 3.06. The number of pyridine rings is 1. The molecule has 1 aromatic heterocycles. The van der Waals surface area contributed by atoms with Crippen LogP contribution in [0.1, 0.15) is 36.4 Å². The fourth-order valence-electron chi connectivity index (χ4n) is 3.60. The smallest absolute Gasteiger partial charge is 0.177 e. The molecule has 0 fully saturated rings. The highest BCUT2D eigenvalue weighted by atomic mass is 32.2. The van der Waals surface area contributed by atoms with E-state index in [0.717, 1.165) is 5.70 Å². The van der Waals surface area contributed by atoms with E-state index >= 15 is 0 Å². The van der Waals surface area contributed by atoms with E-state index in [-0.39, 0.29) is 17.2 Å². The zero-order valence-corrected chi connectivity index (χ0v) is 13.0. The van der Waals surface area contributed by atoms with E-state index in [1.54, 1.807) is 12.1 Å². The number of nitrogens with zero attached hydrogens (tertiary/aromatic N) is 2. The number of ketones is 1. The number of nitrogens with one attached hydrogen (secondary N) is 1. The molecule has 1 aromatic rings. The third kappa shape index (κ3) is 2.02. The van der Waals surface area contributed by atoms with Gasteiger partial charge < -0.3 is 5.32 Å². The van der Waals surface area contributed by atoms with Gasteiger partial charge in [0.25, 0.3) is 0 Å². The van der Waals surface area contributed by atoms with Crippen LogP contribution in [0.2, 0.25) is 0 Å². The number of carbonyl (C=O) groups excluding carboxylic acids is 1. The lowest BCUT2D eigenvalue weighted by atomic mass is 9.86. The Labute approximate surface area is 133 Å². The van der Waals surface area contributed by atoms with Gasteiger partial charge in [0, 0.05) is 36.0 Å². The molecule has 0 spiro atoms. The minimum absolute atomic E-state index is 0.0264. The lowest BCUT2D eigenvalue weighted by molar-refractivity contribution is -0.115. The quantitative estimate of drug-likeness (QED) is 0.834. The Morgan fingerprint density at radius 1 is 1.26 bits per heavy atom. The largest absolute Gasteiger partial charge is 0.361 e. The summed E-state index contributed by atoms with van der Waals surface area (Å²) in [6, 6.07) is 5.22. The van der Waals surface area contributed by atoms with Crippen LogP contribution in [0.5, 0.6) is 0 Å². The molecule has 116 valence electrons. The van der Waals surface area contributed by atoms with E-state index < -0.39 is 15.8 Å². The second-order valence-electron chi connectivity index (χ2n) is 5.87. The van der Waals surface area contributed by atoms with Crippen molar-refractivity contribution in [1.82, 2.24) is 10.3 Å². The molecule has 23 heavy (non-hydrogen) atoms. The SMILES string of the molecule is N#Cc1cc([C@H]2C3=C(CCC3=O)NC3=C2S(=O)(=O)CC3)ccn1. The third-order valence-electron chi connectivity index (χ3n) is 4.57. The van der Waals surface area contributed by atoms with Gasteiger partial charge in [0.1, 0.15) is 11.8 Å². The molecule has 3 aliphatic rings. The van der Waals surface area contributed by atoms with Gasteiger partial charge in [-0.2, -0.15) is 5.26 Å². The number of hydrogen-bond acceptors (Lipinski definition) is 6. The summed E-state index contributed by atoms with van der Waals surface area (Å²) >= 11 is 0. The summed E-state index contributed by atoms with van der Waals surface area (Å²) in [5, 5.41) is 12.2. The van der Waals surface area contributed by atoms with Gasteiger partial charge in [-0.05, 0) is 24.1 Å². The van der Waals surface area contributed by atoms with Gasteiger partial charge in [-0.15, -0.1) is 0 Å². The number of Topliss-reactive ketones (excluding diaryl/α,β-unsaturated/α-hetero) is 1. The molecule has 0 unspecified atom stereocenters. The van der Waals surface area contributed by atoms with Crippen molar-refractivity contribution in [3.63, 3.8) is 0 Å². The predicted octanol–water partition coefficient (Wildman–Crippen LogP) is 1.29. The van der Waals surface area contributed by atoms with Crippen molar-refractivity contribution in [2.24, 2.45) is 0 Å². The first-order chi connectivity index (χ1) is 11.0. The third-order valence-corrected chi connectivity index (χ3v) is 6.46. The lowest BCUT2D eigenvalue weighted by Gasteiger charge is -2.27. The zero-order valence-electron chi connectivity index (χ0n) is 12.2. The number of aromatic nitrogens is 1. The van der Waals surface area contributed by atoms with Crippen LogP contribution in [0.25, 0.3) is 0 Å². The van der Waals surface area contributed by atoms with Crippen molar-refractivity contribution in [1.29, 1.82) is 5.26 Å². The molecule has 0 saturated carbocycles. The molecule has 0 aromatic carbocycles. The molecule has 0 amide bonds. The minimum Gasteiger partial charge on any atom is -0.361 e. The van der Waals surface area contributed by atoms with Crippen molar-refractivity contribution in [2.45, 2.75) is 25.2 Å². The summed E-state index contributed by atoms with van der Waals surface area (Å²) in [5.41, 5.74) is 2.90. The van der Waals surface area contributed by atoms with Crippen LogP contribution in [-0.2, 0) is 14.6 Å². The molecule has 0 bridgehead atoms. The van der Waals surface area contributed by atoms with Gasteiger partial charge >= 0.3 is 0 Å². The van der Waals surface area contributed by atoms with Crippen molar-refractivity contribution in [3.8, 4) is 6.07 Å². The predicted molar refractivity (Wildman–Crippen MR) is 81.5 cm³/mol. The number of hydrogen-bond donors (Lipinski definition) is 1. The Morgan fingerprint density at radius 2 is 2.09 bits per heavy atom. The highest BCUT2D eigenvalue weighted by Crippen LogP contribution is 2.47. The second-order valence-corrected chi connectivity index (χ2v) is 7.95. The van der Waals surface area contributed by atoms with Gasteiger partial charge in [-0.25, -0.2) is 13.4 Å². The van der Waals surface area contributed by atoms with Crippen LogP contribution in [0.3, 0.4) is 0 Å². The standard InChI is InChI=1S/C16H13N3O3S/c17-8-10-7-9(3-5-18-10)14-15-11(1-2-13(15)20)19-12-4-6-23(21,22)16(12)14/h3,5,7,14,19H,1-2,4,6H2/t14-/m0/s1. The van der Waals surface area contributed by atoms with Crippen LogP contribution in [0, 0.1) is 11.3 Å². The van der Waals surface area contributed by atoms with E-state index in [9.17, 15) is 13.2 Å². The number of rotatable bonds is 1. The summed E-state index contributed by atoms with van der Waals surface area (Å²) < 4.78 is 25.0. The number of nitriles is 1. The number of dihydropyridines is 1. The Hall–Kier alpha value is -2.46. The fraction of sp³-hybridized carbons (Fsp3) is 0.312. The van der Waals surface area contributed by atoms with Gasteiger partial charge in [-0.1, -0.05) is 0 Å². The summed E-state index contributed by atoms with van der Waals surface area (Å²) in [7, 11) is -3.40. The fourth-order valence-corrected chi connectivity index (χ4v) is 5.43. The summed E-state index contributed by atoms with van der Waals surface area (Å²) in [6.45, 7) is 0. The minimum atomic E-state index is -3.40. The van der Waals surface area contributed by atoms with Crippen LogP contribution in [0.15, 0.2) is 40.2 Å². The Balaban J connectivity index is 1.96. The van der Waals surface area contributed by atoms with Gasteiger partial charge in [0.2, 0.25) is 0 Å². The zero-order chi connectivity index (χ0) is 16.2. The summed E-state index contributed by atoms with van der Waals surface area (Å²) in [6.07, 6.45) is 2.93. The van der Waals surface area contributed by atoms with Crippen LogP contribution < -0.4 is 5.32 Å². The van der Waals surface area contributed by atoms with E-state index in [0.29, 0.717) is 41.0 Å². The van der Waals surface area contributed by atoms with Gasteiger partial charge in [0.05, 0.1) is 16.6 Å². The number of sulfone groups is 1. The molecule has 0 radical (unpaired) electrons. The lowest BCUT2D eigenvalue weighted by Crippen LogP contribution is -2.26. The Bertz CT molecular complexity index is 951. The molecular formula is C16H13N3O3S. The Morgan fingerprint density at radius 3 is 2.87 bits per heavy atom. The van der Waals surface area contributed by atoms with E-state index in [4.69, 9.17) is 5.26 Å². The molecule has 7 heteroatoms. The summed E-state index contributed by atoms with van der Waals surface area (Å²) in [5.74, 6) is -0.577. The Kier molecular flexibility index (Phi) is 2.93. The first kappa shape index (κ1) is 14.2. The van der Waals surface area contributed by atoms with Gasteiger partial charge in [0.15, 0.2) is 15.6 Å². The average molecular weight is 327 g/mol. The maximum Gasteiger partial charge on any atom is 0.177 e. The van der Waals surface area contributed by atoms with Gasteiger partial charge in [-0.3, -0.25) is 4.79 Å². The van der Waals surface area contributed by atoms with Crippen LogP contribution in [0.4, 0.5) is 0 Å². The van der Waals surface area contributed by atoms with E-state index in [1.165, 1.54) is 6.20 Å². The highest BCUT2D eigenvalue weighted by molar-refractivity contribution is 7.95. The maximum atomic E-state index is 12.5. The summed E-state index contributed by atoms with van der Waals surface area (Å²) in [4.78, 5) is 16.6. The molecule has 1 aliphatic carbocycles. The second kappa shape index (κ2) is 4.77. The van der Waals surface area contributed by atoms with E-state index in [1.807, 2.05) is 6.07 Å². The van der Waals surface area contributed by atoms with Crippen LogP contribution >= 0.6 is 0 Å². The maximum absolute atomic E-state index is 12.5. The first-order valence-electron chi connectivity index (χ1n) is 7.36. The van der Waals surface area contributed by atoms with Crippen LogP contribution in [-0.4, -0.2) is 24.9 Å². The highest BCUT2D eigenvalue weighted by Gasteiger charge is 2.45. The van der Waals surface area contributed by atoms with Crippen molar-refractivity contribution >= 4 is 15.6 Å². The topological polar surface area (TPSA) is 99.9 Å². The molecule has 0 saturated heterocycles. The number of carbonyl (C=O) groups is 1. The molecule has 2 aliphatic heterocycles. The molecular weight excluding hydrogens is 314 g/mol. The molecule has 3 heterocycles. The molecule has 1 atom stereocenters.